The Labute approximate surface area is 205 Å². The van der Waals surface area contributed by atoms with Crippen molar-refractivity contribution in [2.75, 3.05) is 13.2 Å². The minimum Gasteiger partial charge on any atom is -0.484 e. The Hall–Kier alpha value is -3.09. The van der Waals surface area contributed by atoms with Gasteiger partial charge in [-0.15, -0.1) is 0 Å². The average molecular weight is 527 g/mol. The minimum absolute atomic E-state index is 0.125. The van der Waals surface area contributed by atoms with Crippen molar-refractivity contribution in [1.29, 1.82) is 0 Å². The topological polar surface area (TPSA) is 57.5 Å². The van der Waals surface area contributed by atoms with Gasteiger partial charge >= 0.3 is 5.97 Å². The van der Waals surface area contributed by atoms with E-state index in [-0.39, 0.29) is 19.0 Å². The van der Waals surface area contributed by atoms with Gasteiger partial charge in [0.05, 0.1) is 22.2 Å². The van der Waals surface area contributed by atoms with Gasteiger partial charge in [0, 0.05) is 27.4 Å². The molecular weight excluding hydrogens is 506 g/mol. The summed E-state index contributed by atoms with van der Waals surface area (Å²) in [4.78, 5) is 25.4. The van der Waals surface area contributed by atoms with Crippen LogP contribution < -0.4 is 4.74 Å². The second-order valence-electron chi connectivity index (χ2n) is 7.37. The summed E-state index contributed by atoms with van der Waals surface area (Å²) in [5, 5.41) is 1.30. The zero-order valence-corrected chi connectivity index (χ0v) is 20.4. The second-order valence-corrected chi connectivity index (χ2v) is 8.66. The van der Waals surface area contributed by atoms with Gasteiger partial charge in [0.25, 0.3) is 0 Å². The smallest absolute Gasteiger partial charge is 0.340 e. The number of rotatable bonds is 7. The molecule has 4 rings (SSSR count). The molecular formula is C26H21BrClNO4. The predicted molar refractivity (Wildman–Crippen MR) is 133 cm³/mol. The highest BCUT2D eigenvalue weighted by atomic mass is 79.9. The standard InChI is InChI=1S/C26H21BrClNO4/c1-3-32-26(31)25-16(2)29(19-11-9-18(28)10-12-19)22-14-21(27)24(13-20(22)25)33-15-23(30)17-7-5-4-6-8-17/h4-14H,3,15H2,1-2H3. The SMILES string of the molecule is CCOC(=O)c1c(C)n(-c2ccc(Cl)cc2)c2cc(Br)c(OCC(=O)c3ccccc3)cc12. The van der Waals surface area contributed by atoms with Crippen LogP contribution in [0.2, 0.25) is 5.02 Å². The molecule has 0 N–H and O–H groups in total. The normalized spacial score (nSPS) is 10.9. The van der Waals surface area contributed by atoms with Crippen molar-refractivity contribution in [2.45, 2.75) is 13.8 Å². The number of carbonyl (C=O) groups excluding carboxylic acids is 2. The maximum Gasteiger partial charge on any atom is 0.340 e. The maximum atomic E-state index is 12.9. The molecule has 0 fully saturated rings. The number of fused-ring (bicyclic) bond motifs is 1. The van der Waals surface area contributed by atoms with E-state index in [4.69, 9.17) is 21.1 Å². The summed E-state index contributed by atoms with van der Waals surface area (Å²) in [6.07, 6.45) is 0. The number of carbonyl (C=O) groups is 2. The molecule has 0 radical (unpaired) electrons. The molecule has 7 heteroatoms. The van der Waals surface area contributed by atoms with Crippen LogP contribution in [-0.4, -0.2) is 29.5 Å². The van der Waals surface area contributed by atoms with Gasteiger partial charge in [0.15, 0.2) is 12.4 Å². The van der Waals surface area contributed by atoms with Gasteiger partial charge in [-0.05, 0) is 66.2 Å². The van der Waals surface area contributed by atoms with Gasteiger partial charge in [-0.25, -0.2) is 4.79 Å². The first-order chi connectivity index (χ1) is 15.9. The fourth-order valence-electron chi connectivity index (χ4n) is 3.76. The summed E-state index contributed by atoms with van der Waals surface area (Å²) in [7, 11) is 0. The highest BCUT2D eigenvalue weighted by Crippen LogP contribution is 2.37. The van der Waals surface area contributed by atoms with Crippen molar-refractivity contribution in [3.63, 3.8) is 0 Å². The van der Waals surface area contributed by atoms with E-state index in [0.29, 0.717) is 31.8 Å². The summed E-state index contributed by atoms with van der Waals surface area (Å²) >= 11 is 9.63. The number of ether oxygens (including phenoxy) is 2. The quantitative estimate of drug-likeness (QED) is 0.196. The molecule has 3 aromatic carbocycles. The number of aromatic nitrogens is 1. The number of hydrogen-bond donors (Lipinski definition) is 0. The Kier molecular flexibility index (Phi) is 6.86. The average Bonchev–Trinajstić information content (AvgIpc) is 3.09. The lowest BCUT2D eigenvalue weighted by Gasteiger charge is -2.11. The first-order valence-electron chi connectivity index (χ1n) is 10.4. The third kappa shape index (κ3) is 4.68. The van der Waals surface area contributed by atoms with E-state index in [1.807, 2.05) is 47.9 Å². The van der Waals surface area contributed by atoms with Crippen molar-refractivity contribution >= 4 is 50.2 Å². The van der Waals surface area contributed by atoms with Gasteiger partial charge in [-0.1, -0.05) is 41.9 Å². The molecule has 0 bridgehead atoms. The van der Waals surface area contributed by atoms with Crippen LogP contribution in [0.5, 0.6) is 5.75 Å². The highest BCUT2D eigenvalue weighted by molar-refractivity contribution is 9.10. The number of benzene rings is 3. The second kappa shape index (κ2) is 9.81. The molecule has 0 atom stereocenters. The van der Waals surface area contributed by atoms with Gasteiger partial charge in [0.1, 0.15) is 5.75 Å². The van der Waals surface area contributed by atoms with E-state index in [1.54, 1.807) is 37.3 Å². The lowest BCUT2D eigenvalue weighted by Crippen LogP contribution is -2.11. The number of hydrogen-bond acceptors (Lipinski definition) is 4. The molecule has 0 saturated carbocycles. The number of halogens is 2. The highest BCUT2D eigenvalue weighted by Gasteiger charge is 2.24. The van der Waals surface area contributed by atoms with E-state index in [9.17, 15) is 9.59 Å². The van der Waals surface area contributed by atoms with Gasteiger partial charge in [0.2, 0.25) is 0 Å². The fourth-order valence-corrected chi connectivity index (χ4v) is 4.33. The van der Waals surface area contributed by atoms with E-state index < -0.39 is 5.97 Å². The largest absolute Gasteiger partial charge is 0.484 e. The van der Waals surface area contributed by atoms with Crippen molar-refractivity contribution < 1.29 is 19.1 Å². The van der Waals surface area contributed by atoms with Gasteiger partial charge < -0.3 is 14.0 Å². The Bertz CT molecular complexity index is 1330. The number of nitrogens with zero attached hydrogens (tertiary/aromatic N) is 1. The van der Waals surface area contributed by atoms with Crippen LogP contribution in [0.25, 0.3) is 16.6 Å². The Balaban J connectivity index is 1.79. The number of ketones is 1. The van der Waals surface area contributed by atoms with E-state index in [1.165, 1.54) is 0 Å². The van der Waals surface area contributed by atoms with Crippen molar-refractivity contribution in [1.82, 2.24) is 4.57 Å². The molecule has 0 aliphatic rings. The molecule has 0 unspecified atom stereocenters. The number of Topliss-reactive ketones (excluding diaryl/α,β-unsaturated/α-hetero) is 1. The van der Waals surface area contributed by atoms with Gasteiger partial charge in [-0.2, -0.15) is 0 Å². The van der Waals surface area contributed by atoms with Crippen LogP contribution in [0.4, 0.5) is 0 Å². The molecule has 33 heavy (non-hydrogen) atoms. The van der Waals surface area contributed by atoms with Crippen LogP contribution in [0.3, 0.4) is 0 Å². The summed E-state index contributed by atoms with van der Waals surface area (Å²) in [6, 6.07) is 20.0. The molecule has 0 saturated heterocycles. The summed E-state index contributed by atoms with van der Waals surface area (Å²) in [5.74, 6) is -0.0879. The lowest BCUT2D eigenvalue weighted by atomic mass is 10.1. The zero-order valence-electron chi connectivity index (χ0n) is 18.1. The first kappa shape index (κ1) is 23.1. The van der Waals surface area contributed by atoms with Crippen LogP contribution in [0, 0.1) is 6.92 Å². The molecule has 0 aliphatic carbocycles. The Morgan fingerprint density at radius 2 is 1.73 bits per heavy atom. The molecule has 1 heterocycles. The monoisotopic (exact) mass is 525 g/mol. The Morgan fingerprint density at radius 3 is 2.39 bits per heavy atom. The van der Waals surface area contributed by atoms with Crippen LogP contribution >= 0.6 is 27.5 Å². The molecule has 0 amide bonds. The number of esters is 1. The molecule has 0 aliphatic heterocycles. The third-order valence-electron chi connectivity index (χ3n) is 5.28. The predicted octanol–water partition coefficient (Wildman–Crippen LogP) is 6.79. The minimum atomic E-state index is -0.415. The molecule has 5 nitrogen and oxygen atoms in total. The molecule has 0 spiro atoms. The maximum absolute atomic E-state index is 12.9. The summed E-state index contributed by atoms with van der Waals surface area (Å²) in [6.45, 7) is 3.78. The van der Waals surface area contributed by atoms with Crippen molar-refractivity contribution in [2.24, 2.45) is 0 Å². The third-order valence-corrected chi connectivity index (χ3v) is 6.15. The van der Waals surface area contributed by atoms with Crippen LogP contribution in [0.15, 0.2) is 71.2 Å². The molecule has 4 aromatic rings. The Morgan fingerprint density at radius 1 is 1.03 bits per heavy atom. The van der Waals surface area contributed by atoms with E-state index in [0.717, 1.165) is 16.9 Å². The van der Waals surface area contributed by atoms with Gasteiger partial charge in [-0.3, -0.25) is 4.79 Å². The van der Waals surface area contributed by atoms with Crippen LogP contribution in [0.1, 0.15) is 33.3 Å². The molecule has 1 aromatic heterocycles. The van der Waals surface area contributed by atoms with E-state index in [2.05, 4.69) is 15.9 Å². The molecule has 168 valence electrons. The van der Waals surface area contributed by atoms with Crippen molar-refractivity contribution in [3.05, 3.63) is 93.0 Å². The van der Waals surface area contributed by atoms with E-state index >= 15 is 0 Å². The first-order valence-corrected chi connectivity index (χ1v) is 11.6. The fraction of sp³-hybridized carbons (Fsp3) is 0.154. The zero-order chi connectivity index (χ0) is 23.5. The summed E-state index contributed by atoms with van der Waals surface area (Å²) < 4.78 is 13.8. The van der Waals surface area contributed by atoms with Crippen LogP contribution in [-0.2, 0) is 4.74 Å². The lowest BCUT2D eigenvalue weighted by molar-refractivity contribution is 0.0527. The van der Waals surface area contributed by atoms with Crippen molar-refractivity contribution in [3.8, 4) is 11.4 Å². The summed E-state index contributed by atoms with van der Waals surface area (Å²) in [5.41, 5.74) is 3.42.